The zero-order chi connectivity index (χ0) is 15.4. The van der Waals surface area contributed by atoms with Crippen LogP contribution < -0.4 is 5.73 Å². The predicted molar refractivity (Wildman–Crippen MR) is 91.0 cm³/mol. The smallest absolute Gasteiger partial charge is 0.223 e. The quantitative estimate of drug-likeness (QED) is 0.722. The molecule has 2 aromatic carbocycles. The fourth-order valence-electron chi connectivity index (χ4n) is 2.05. The molecular formula is C16H15ClN4S. The van der Waals surface area contributed by atoms with Gasteiger partial charge in [0.1, 0.15) is 0 Å². The Kier molecular flexibility index (Phi) is 4.65. The van der Waals surface area contributed by atoms with E-state index in [9.17, 15) is 0 Å². The lowest BCUT2D eigenvalue weighted by molar-refractivity contribution is 0.717. The third-order valence-electron chi connectivity index (χ3n) is 3.21. The predicted octanol–water partition coefficient (Wildman–Crippen LogP) is 3.85. The van der Waals surface area contributed by atoms with Crippen molar-refractivity contribution < 1.29 is 0 Å². The molecule has 0 spiro atoms. The molecule has 0 amide bonds. The maximum Gasteiger partial charge on any atom is 0.223 e. The Labute approximate surface area is 138 Å². The molecule has 0 radical (unpaired) electrons. The second kappa shape index (κ2) is 6.85. The minimum Gasteiger partial charge on any atom is -0.368 e. The van der Waals surface area contributed by atoms with Crippen molar-refractivity contribution in [2.75, 3.05) is 5.73 Å². The first-order chi connectivity index (χ1) is 10.7. The van der Waals surface area contributed by atoms with Gasteiger partial charge in [-0.2, -0.15) is 0 Å². The fourth-order valence-corrected chi connectivity index (χ4v) is 3.08. The van der Waals surface area contributed by atoms with Gasteiger partial charge in [-0.15, -0.1) is 10.2 Å². The number of nitrogen functional groups attached to an aromatic ring is 1. The highest BCUT2D eigenvalue weighted by Crippen LogP contribution is 2.23. The van der Waals surface area contributed by atoms with Gasteiger partial charge in [0.05, 0.1) is 6.54 Å². The maximum absolute atomic E-state index is 5.94. The molecule has 3 aromatic rings. The summed E-state index contributed by atoms with van der Waals surface area (Å²) in [7, 11) is 0. The molecule has 22 heavy (non-hydrogen) atoms. The maximum atomic E-state index is 5.94. The number of thioether (sulfide) groups is 1. The van der Waals surface area contributed by atoms with E-state index in [1.165, 1.54) is 5.56 Å². The van der Waals surface area contributed by atoms with Gasteiger partial charge in [0, 0.05) is 10.8 Å². The molecule has 1 heterocycles. The molecule has 0 aliphatic rings. The Morgan fingerprint density at radius 3 is 2.41 bits per heavy atom. The van der Waals surface area contributed by atoms with Gasteiger partial charge in [0.25, 0.3) is 0 Å². The van der Waals surface area contributed by atoms with Crippen LogP contribution in [0.4, 0.5) is 5.95 Å². The Morgan fingerprint density at radius 2 is 1.68 bits per heavy atom. The average Bonchev–Trinajstić information content (AvgIpc) is 2.89. The zero-order valence-corrected chi connectivity index (χ0v) is 13.4. The van der Waals surface area contributed by atoms with Crippen molar-refractivity contribution in [1.29, 1.82) is 0 Å². The standard InChI is InChI=1S/C16H15ClN4S/c17-14-8-6-12(7-9-14)10-21-15(18)19-20-16(21)22-11-13-4-2-1-3-5-13/h1-9H,10-11H2,(H2,18,19). The number of nitrogens with two attached hydrogens (primary N) is 1. The SMILES string of the molecule is Nc1nnc(SCc2ccccc2)n1Cc1ccc(Cl)cc1. The summed E-state index contributed by atoms with van der Waals surface area (Å²) >= 11 is 7.54. The highest BCUT2D eigenvalue weighted by molar-refractivity contribution is 7.98. The van der Waals surface area contributed by atoms with Gasteiger partial charge < -0.3 is 5.73 Å². The van der Waals surface area contributed by atoms with Gasteiger partial charge in [-0.3, -0.25) is 4.57 Å². The average molecular weight is 331 g/mol. The fraction of sp³-hybridized carbons (Fsp3) is 0.125. The molecule has 112 valence electrons. The molecule has 4 nitrogen and oxygen atoms in total. The summed E-state index contributed by atoms with van der Waals surface area (Å²) in [5.41, 5.74) is 8.29. The van der Waals surface area contributed by atoms with E-state index >= 15 is 0 Å². The molecule has 0 saturated heterocycles. The summed E-state index contributed by atoms with van der Waals surface area (Å²) in [6, 6.07) is 18.0. The molecule has 1 aromatic heterocycles. The molecule has 6 heteroatoms. The van der Waals surface area contributed by atoms with Gasteiger partial charge in [0.15, 0.2) is 5.16 Å². The minimum absolute atomic E-state index is 0.422. The molecule has 0 bridgehead atoms. The third-order valence-corrected chi connectivity index (χ3v) is 4.50. The number of aromatic nitrogens is 3. The Bertz CT molecular complexity index is 741. The Balaban J connectivity index is 1.74. The lowest BCUT2D eigenvalue weighted by atomic mass is 10.2. The first-order valence-electron chi connectivity index (χ1n) is 6.82. The summed E-state index contributed by atoms with van der Waals surface area (Å²) < 4.78 is 1.91. The summed E-state index contributed by atoms with van der Waals surface area (Å²) in [6.45, 7) is 0.632. The molecule has 0 aliphatic carbocycles. The summed E-state index contributed by atoms with van der Waals surface area (Å²) in [5, 5.41) is 9.69. The van der Waals surface area contributed by atoms with Crippen LogP contribution in [0.5, 0.6) is 0 Å². The number of nitrogens with zero attached hydrogens (tertiary/aromatic N) is 3. The van der Waals surface area contributed by atoms with Gasteiger partial charge in [0.2, 0.25) is 5.95 Å². The van der Waals surface area contributed by atoms with Crippen LogP contribution in [0.2, 0.25) is 5.02 Å². The van der Waals surface area contributed by atoms with Gasteiger partial charge in [-0.1, -0.05) is 65.8 Å². The van der Waals surface area contributed by atoms with Crippen molar-refractivity contribution in [3.8, 4) is 0 Å². The van der Waals surface area contributed by atoms with E-state index in [4.69, 9.17) is 17.3 Å². The van der Waals surface area contributed by atoms with Crippen LogP contribution in [0.3, 0.4) is 0 Å². The summed E-state index contributed by atoms with van der Waals surface area (Å²) in [4.78, 5) is 0. The van der Waals surface area contributed by atoms with Gasteiger partial charge in [-0.05, 0) is 23.3 Å². The highest BCUT2D eigenvalue weighted by atomic mass is 35.5. The van der Waals surface area contributed by atoms with E-state index in [-0.39, 0.29) is 0 Å². The topological polar surface area (TPSA) is 56.7 Å². The first kappa shape index (κ1) is 14.9. The molecule has 0 saturated carbocycles. The van der Waals surface area contributed by atoms with E-state index in [2.05, 4.69) is 22.3 Å². The summed E-state index contributed by atoms with van der Waals surface area (Å²) in [6.07, 6.45) is 0. The third kappa shape index (κ3) is 3.61. The van der Waals surface area contributed by atoms with Crippen LogP contribution in [0.1, 0.15) is 11.1 Å². The number of anilines is 1. The molecule has 0 fully saturated rings. The van der Waals surface area contributed by atoms with E-state index in [1.54, 1.807) is 11.8 Å². The number of halogens is 1. The molecule has 2 N–H and O–H groups in total. The van der Waals surface area contributed by atoms with Crippen LogP contribution in [-0.4, -0.2) is 14.8 Å². The monoisotopic (exact) mass is 330 g/mol. The Morgan fingerprint density at radius 1 is 0.955 bits per heavy atom. The zero-order valence-electron chi connectivity index (χ0n) is 11.8. The number of hydrogen-bond donors (Lipinski definition) is 1. The van der Waals surface area contributed by atoms with Crippen molar-refractivity contribution in [2.45, 2.75) is 17.5 Å². The van der Waals surface area contributed by atoms with Crippen molar-refractivity contribution in [3.63, 3.8) is 0 Å². The molecule has 0 unspecified atom stereocenters. The van der Waals surface area contributed by atoms with Crippen LogP contribution in [-0.2, 0) is 12.3 Å². The van der Waals surface area contributed by atoms with E-state index < -0.39 is 0 Å². The Hall–Kier alpha value is -1.98. The number of hydrogen-bond acceptors (Lipinski definition) is 4. The van der Waals surface area contributed by atoms with Gasteiger partial charge in [-0.25, -0.2) is 0 Å². The normalized spacial score (nSPS) is 10.8. The largest absolute Gasteiger partial charge is 0.368 e. The van der Waals surface area contributed by atoms with Crippen LogP contribution in [0.15, 0.2) is 59.8 Å². The lowest BCUT2D eigenvalue weighted by Crippen LogP contribution is -2.06. The van der Waals surface area contributed by atoms with Crippen LogP contribution in [0.25, 0.3) is 0 Å². The van der Waals surface area contributed by atoms with Crippen molar-refractivity contribution in [1.82, 2.24) is 14.8 Å². The molecule has 0 aliphatic heterocycles. The van der Waals surface area contributed by atoms with Gasteiger partial charge >= 0.3 is 0 Å². The van der Waals surface area contributed by atoms with Crippen LogP contribution >= 0.6 is 23.4 Å². The van der Waals surface area contributed by atoms with E-state index in [0.717, 1.165) is 21.5 Å². The van der Waals surface area contributed by atoms with E-state index in [1.807, 2.05) is 47.0 Å². The second-order valence-electron chi connectivity index (χ2n) is 4.83. The van der Waals surface area contributed by atoms with Crippen molar-refractivity contribution in [2.24, 2.45) is 0 Å². The number of rotatable bonds is 5. The molecule has 3 rings (SSSR count). The van der Waals surface area contributed by atoms with E-state index in [0.29, 0.717) is 12.5 Å². The molecule has 0 atom stereocenters. The van der Waals surface area contributed by atoms with Crippen LogP contribution in [0, 0.1) is 0 Å². The summed E-state index contributed by atoms with van der Waals surface area (Å²) in [5.74, 6) is 1.25. The first-order valence-corrected chi connectivity index (χ1v) is 8.18. The second-order valence-corrected chi connectivity index (χ2v) is 6.21. The number of benzene rings is 2. The minimum atomic E-state index is 0.422. The van der Waals surface area contributed by atoms with Crippen molar-refractivity contribution in [3.05, 3.63) is 70.7 Å². The highest BCUT2D eigenvalue weighted by Gasteiger charge is 2.11. The van der Waals surface area contributed by atoms with Crippen molar-refractivity contribution >= 4 is 29.3 Å². The molecular weight excluding hydrogens is 316 g/mol. The lowest BCUT2D eigenvalue weighted by Gasteiger charge is -2.08.